The highest BCUT2D eigenvalue weighted by atomic mass is 32.1. The fourth-order valence-electron chi connectivity index (χ4n) is 3.93. The predicted molar refractivity (Wildman–Crippen MR) is 145 cm³/mol. The molecule has 4 aromatic rings. The van der Waals surface area contributed by atoms with Crippen LogP contribution in [-0.2, 0) is 0 Å². The summed E-state index contributed by atoms with van der Waals surface area (Å²) in [4.78, 5) is 22.7. The van der Waals surface area contributed by atoms with Crippen molar-refractivity contribution in [2.24, 2.45) is 0 Å². The van der Waals surface area contributed by atoms with Crippen molar-refractivity contribution >= 4 is 32.6 Å². The number of anilines is 1. The van der Waals surface area contributed by atoms with Gasteiger partial charge in [0.15, 0.2) is 5.13 Å². The third kappa shape index (κ3) is 5.61. The molecule has 188 valence electrons. The Kier molecular flexibility index (Phi) is 8.40. The fourth-order valence-corrected chi connectivity index (χ4v) is 5.03. The summed E-state index contributed by atoms with van der Waals surface area (Å²) in [5.41, 5.74) is 1.21. The van der Waals surface area contributed by atoms with Crippen molar-refractivity contribution in [3.05, 3.63) is 72.3 Å². The summed E-state index contributed by atoms with van der Waals surface area (Å²) >= 11 is 1.42. The van der Waals surface area contributed by atoms with Gasteiger partial charge in [0.2, 0.25) is 0 Å². The number of amides is 1. The number of carbonyl (C=O) groups excluding carboxylic acids is 1. The van der Waals surface area contributed by atoms with Crippen LogP contribution < -0.4 is 19.1 Å². The molecule has 0 aliphatic carbocycles. The lowest BCUT2D eigenvalue weighted by molar-refractivity contribution is 0.0983. The Bertz CT molecular complexity index is 1260. The maximum atomic E-state index is 13.9. The molecule has 0 atom stereocenters. The zero-order chi connectivity index (χ0) is 25.5. The minimum absolute atomic E-state index is 0.141. The van der Waals surface area contributed by atoms with E-state index in [0.29, 0.717) is 45.8 Å². The minimum atomic E-state index is -0.141. The van der Waals surface area contributed by atoms with Gasteiger partial charge in [-0.1, -0.05) is 49.4 Å². The molecule has 0 aliphatic rings. The molecular formula is C28H31N3O4S. The summed E-state index contributed by atoms with van der Waals surface area (Å²) in [6.45, 7) is 7.26. The smallest absolute Gasteiger partial charge is 0.260 e. The Morgan fingerprint density at radius 2 is 1.56 bits per heavy atom. The molecule has 36 heavy (non-hydrogen) atoms. The monoisotopic (exact) mass is 505 g/mol. The van der Waals surface area contributed by atoms with E-state index >= 15 is 0 Å². The van der Waals surface area contributed by atoms with Gasteiger partial charge in [-0.25, -0.2) is 4.98 Å². The van der Waals surface area contributed by atoms with Crippen LogP contribution >= 0.6 is 11.3 Å². The first-order chi connectivity index (χ1) is 17.6. The predicted octanol–water partition coefficient (Wildman–Crippen LogP) is 6.09. The van der Waals surface area contributed by atoms with E-state index < -0.39 is 0 Å². The zero-order valence-corrected chi connectivity index (χ0v) is 21.9. The van der Waals surface area contributed by atoms with E-state index in [1.54, 1.807) is 31.3 Å². The number of methoxy groups -OCH3 is 2. The van der Waals surface area contributed by atoms with Crippen molar-refractivity contribution < 1.29 is 19.0 Å². The van der Waals surface area contributed by atoms with Crippen molar-refractivity contribution in [3.63, 3.8) is 0 Å². The first-order valence-corrected chi connectivity index (χ1v) is 12.8. The summed E-state index contributed by atoms with van der Waals surface area (Å²) in [7, 11) is 3.24. The number of hydrogen-bond donors (Lipinski definition) is 0. The van der Waals surface area contributed by atoms with Crippen LogP contribution in [0.15, 0.2) is 66.7 Å². The minimum Gasteiger partial charge on any atom is -0.495 e. The normalized spacial score (nSPS) is 11.0. The number of benzene rings is 3. The van der Waals surface area contributed by atoms with Gasteiger partial charge in [0.25, 0.3) is 5.91 Å². The fraction of sp³-hybridized carbons (Fsp3) is 0.286. The van der Waals surface area contributed by atoms with Crippen molar-refractivity contribution in [2.75, 3.05) is 45.3 Å². The summed E-state index contributed by atoms with van der Waals surface area (Å²) in [6, 6.07) is 20.5. The molecule has 4 rings (SSSR count). The molecular weight excluding hydrogens is 474 g/mol. The van der Waals surface area contributed by atoms with E-state index in [2.05, 4.69) is 18.7 Å². The van der Waals surface area contributed by atoms with Gasteiger partial charge in [0.1, 0.15) is 33.2 Å². The lowest BCUT2D eigenvalue weighted by atomic mass is 10.2. The van der Waals surface area contributed by atoms with Crippen LogP contribution in [0, 0.1) is 0 Å². The van der Waals surface area contributed by atoms with E-state index in [-0.39, 0.29) is 5.91 Å². The van der Waals surface area contributed by atoms with Gasteiger partial charge in [-0.3, -0.25) is 9.69 Å². The largest absolute Gasteiger partial charge is 0.495 e. The molecule has 0 spiro atoms. The molecule has 0 unspecified atom stereocenters. The molecule has 0 N–H and O–H groups in total. The molecule has 0 fully saturated rings. The van der Waals surface area contributed by atoms with Crippen molar-refractivity contribution in [2.45, 2.75) is 13.8 Å². The molecule has 1 heterocycles. The maximum absolute atomic E-state index is 13.9. The van der Waals surface area contributed by atoms with Gasteiger partial charge in [0, 0.05) is 18.7 Å². The molecule has 0 saturated heterocycles. The number of likely N-dealkylation sites (N-methyl/N-ethyl adjacent to an activating group) is 1. The second kappa shape index (κ2) is 11.9. The van der Waals surface area contributed by atoms with Crippen molar-refractivity contribution in [1.82, 2.24) is 9.88 Å². The number of rotatable bonds is 11. The van der Waals surface area contributed by atoms with Crippen molar-refractivity contribution in [3.8, 4) is 23.0 Å². The number of nitrogens with zero attached hydrogens (tertiary/aromatic N) is 3. The summed E-state index contributed by atoms with van der Waals surface area (Å²) in [5, 5.41) is 0.597. The molecule has 0 radical (unpaired) electrons. The second-order valence-electron chi connectivity index (χ2n) is 8.07. The standard InChI is InChI=1S/C28H31N3O4S/c1-5-30(6-2)17-18-31(28-29-25-23(33-3)15-16-24(34-4)26(25)36-28)27(32)20-11-10-14-22(19-20)35-21-12-8-7-9-13-21/h7-16,19H,5-6,17-18H2,1-4H3. The summed E-state index contributed by atoms with van der Waals surface area (Å²) < 4.78 is 17.9. The van der Waals surface area contributed by atoms with Crippen molar-refractivity contribution in [1.29, 1.82) is 0 Å². The molecule has 0 saturated carbocycles. The van der Waals surface area contributed by atoms with Crippen LogP contribution in [0.1, 0.15) is 24.2 Å². The molecule has 7 nitrogen and oxygen atoms in total. The highest BCUT2D eigenvalue weighted by Crippen LogP contribution is 2.40. The summed E-state index contributed by atoms with van der Waals surface area (Å²) in [5.74, 6) is 2.51. The number of hydrogen-bond acceptors (Lipinski definition) is 7. The second-order valence-corrected chi connectivity index (χ2v) is 9.05. The Morgan fingerprint density at radius 3 is 2.25 bits per heavy atom. The molecule has 1 aromatic heterocycles. The average molecular weight is 506 g/mol. The quantitative estimate of drug-likeness (QED) is 0.246. The number of ether oxygens (including phenoxy) is 3. The SMILES string of the molecule is CCN(CC)CCN(C(=O)c1cccc(Oc2ccccc2)c1)c1nc2c(OC)ccc(OC)c2s1. The van der Waals surface area contributed by atoms with Crippen LogP contribution in [-0.4, -0.2) is 56.2 Å². The first kappa shape index (κ1) is 25.5. The van der Waals surface area contributed by atoms with Gasteiger partial charge >= 0.3 is 0 Å². The number of aromatic nitrogens is 1. The number of carbonyl (C=O) groups is 1. The van der Waals surface area contributed by atoms with Gasteiger partial charge in [-0.05, 0) is 55.6 Å². The first-order valence-electron chi connectivity index (χ1n) is 12.0. The van der Waals surface area contributed by atoms with Crippen LogP contribution in [0.5, 0.6) is 23.0 Å². The zero-order valence-electron chi connectivity index (χ0n) is 21.1. The van der Waals surface area contributed by atoms with Crippen LogP contribution in [0.3, 0.4) is 0 Å². The third-order valence-electron chi connectivity index (χ3n) is 5.97. The van der Waals surface area contributed by atoms with E-state index in [0.717, 1.165) is 24.3 Å². The van der Waals surface area contributed by atoms with E-state index in [1.165, 1.54) is 11.3 Å². The highest BCUT2D eigenvalue weighted by molar-refractivity contribution is 7.22. The van der Waals surface area contributed by atoms with Gasteiger partial charge in [-0.15, -0.1) is 0 Å². The molecule has 3 aromatic carbocycles. The van der Waals surface area contributed by atoms with Gasteiger partial charge in [0.05, 0.1) is 14.2 Å². The Balaban J connectivity index is 1.71. The Hall–Kier alpha value is -3.62. The molecule has 0 bridgehead atoms. The highest BCUT2D eigenvalue weighted by Gasteiger charge is 2.24. The van der Waals surface area contributed by atoms with E-state index in [4.69, 9.17) is 19.2 Å². The maximum Gasteiger partial charge on any atom is 0.260 e. The Labute approximate surface area is 215 Å². The number of para-hydroxylation sites is 1. The molecule has 8 heteroatoms. The lowest BCUT2D eigenvalue weighted by Gasteiger charge is -2.25. The Morgan fingerprint density at radius 1 is 0.861 bits per heavy atom. The molecule has 1 amide bonds. The number of thiazole rings is 1. The average Bonchev–Trinajstić information content (AvgIpc) is 3.36. The van der Waals surface area contributed by atoms with E-state index in [9.17, 15) is 4.79 Å². The lowest BCUT2D eigenvalue weighted by Crippen LogP contribution is -2.38. The van der Waals surface area contributed by atoms with Gasteiger partial charge < -0.3 is 19.1 Å². The van der Waals surface area contributed by atoms with Crippen LogP contribution in [0.25, 0.3) is 10.2 Å². The summed E-state index contributed by atoms with van der Waals surface area (Å²) in [6.07, 6.45) is 0. The van der Waals surface area contributed by atoms with E-state index in [1.807, 2.05) is 54.6 Å². The topological polar surface area (TPSA) is 64.1 Å². The van der Waals surface area contributed by atoms with Crippen LogP contribution in [0.2, 0.25) is 0 Å². The number of fused-ring (bicyclic) bond motifs is 1. The van der Waals surface area contributed by atoms with Gasteiger partial charge in [-0.2, -0.15) is 0 Å². The third-order valence-corrected chi connectivity index (χ3v) is 7.06. The molecule has 0 aliphatic heterocycles. The van der Waals surface area contributed by atoms with Crippen LogP contribution in [0.4, 0.5) is 5.13 Å².